The molecule has 384 valence electrons. The summed E-state index contributed by atoms with van der Waals surface area (Å²) in [7, 11) is 4.67. The number of fused-ring (bicyclic) bond motifs is 3. The Hall–Kier alpha value is -4.06. The van der Waals surface area contributed by atoms with Gasteiger partial charge in [-0.1, -0.05) is 71.1 Å². The predicted molar refractivity (Wildman–Crippen MR) is 259 cm³/mol. The van der Waals surface area contributed by atoms with Gasteiger partial charge in [-0.2, -0.15) is 4.80 Å². The van der Waals surface area contributed by atoms with E-state index in [2.05, 4.69) is 22.3 Å². The first-order valence-electron chi connectivity index (χ1n) is 25.4. The molecule has 16 nitrogen and oxygen atoms in total. The second-order valence-electron chi connectivity index (χ2n) is 20.8. The molecule has 0 aromatic carbocycles. The topological polar surface area (TPSA) is 210 Å². The molecule has 2 saturated heterocycles. The summed E-state index contributed by atoms with van der Waals surface area (Å²) in [6.07, 6.45) is 15.7. The smallest absolute Gasteiger partial charge is 0.296 e. The van der Waals surface area contributed by atoms with E-state index in [1.54, 1.807) is 45.9 Å². The summed E-state index contributed by atoms with van der Waals surface area (Å²) in [5.41, 5.74) is 1.29. The van der Waals surface area contributed by atoms with Crippen LogP contribution < -0.4 is 0 Å². The Labute approximate surface area is 409 Å². The van der Waals surface area contributed by atoms with Gasteiger partial charge in [-0.3, -0.25) is 24.0 Å². The number of methoxy groups -OCH3 is 3. The first-order valence-corrected chi connectivity index (χ1v) is 25.4. The number of carbonyl (C=O) groups excluding carboxylic acids is 5. The van der Waals surface area contributed by atoms with E-state index in [0.29, 0.717) is 56.9 Å². The normalized spacial score (nSPS) is 36.4. The quantitative estimate of drug-likeness (QED) is 0.272. The van der Waals surface area contributed by atoms with Crippen LogP contribution in [-0.2, 0) is 42.9 Å². The number of aromatic nitrogens is 4. The number of ketones is 4. The summed E-state index contributed by atoms with van der Waals surface area (Å²) < 4.78 is 23.6. The number of amides is 1. The van der Waals surface area contributed by atoms with Gasteiger partial charge in [0.1, 0.15) is 6.10 Å². The number of carbonyl (C=O) groups is 5. The minimum atomic E-state index is -2.39. The molecule has 16 heteroatoms. The first-order chi connectivity index (χ1) is 32.8. The van der Waals surface area contributed by atoms with E-state index in [1.165, 1.54) is 18.3 Å². The van der Waals surface area contributed by atoms with Crippen LogP contribution in [0.1, 0.15) is 138 Å². The molecule has 1 unspecified atom stereocenters. The van der Waals surface area contributed by atoms with Gasteiger partial charge in [0.15, 0.2) is 23.7 Å². The summed E-state index contributed by atoms with van der Waals surface area (Å²) in [5, 5.41) is 35.8. The number of aliphatic hydroxyl groups excluding tert-OH is 1. The molecule has 15 atom stereocenters. The molecule has 4 aliphatic rings. The summed E-state index contributed by atoms with van der Waals surface area (Å²) in [4.78, 5) is 74.4. The van der Waals surface area contributed by atoms with Crippen molar-refractivity contribution < 1.29 is 53.1 Å². The number of piperidine rings is 1. The maximum atomic E-state index is 14.7. The van der Waals surface area contributed by atoms with Crippen LogP contribution in [0.2, 0.25) is 0 Å². The van der Waals surface area contributed by atoms with Gasteiger partial charge in [0.2, 0.25) is 5.79 Å². The van der Waals surface area contributed by atoms with Crippen molar-refractivity contribution in [3.05, 3.63) is 53.9 Å². The zero-order chi connectivity index (χ0) is 50.6. The average Bonchev–Trinajstić information content (AvgIpc) is 3.88. The Kier molecular flexibility index (Phi) is 20.9. The number of allylic oxidation sites excluding steroid dienone is 6. The van der Waals surface area contributed by atoms with Crippen LogP contribution in [0.5, 0.6) is 0 Å². The van der Waals surface area contributed by atoms with Crippen LogP contribution >= 0.6 is 0 Å². The zero-order valence-corrected chi connectivity index (χ0v) is 42.8. The number of hydrogen-bond donors (Lipinski definition) is 2. The molecule has 0 radical (unpaired) electrons. The maximum absolute atomic E-state index is 14.7. The van der Waals surface area contributed by atoms with Crippen molar-refractivity contribution >= 4 is 29.0 Å². The monoisotopic (exact) mass is 964 g/mol. The van der Waals surface area contributed by atoms with Crippen molar-refractivity contribution in [2.75, 3.05) is 27.9 Å². The van der Waals surface area contributed by atoms with E-state index in [-0.39, 0.29) is 66.6 Å². The van der Waals surface area contributed by atoms with Crippen LogP contribution in [0.3, 0.4) is 0 Å². The molecule has 5 rings (SSSR count). The predicted octanol–water partition coefficient (Wildman–Crippen LogP) is 6.71. The highest BCUT2D eigenvalue weighted by atomic mass is 16.6. The molecule has 2 bridgehead atoms. The molecule has 2 N–H and O–H groups in total. The van der Waals surface area contributed by atoms with Gasteiger partial charge in [0, 0.05) is 64.9 Å². The number of aliphatic hydroxyl groups is 2. The lowest BCUT2D eigenvalue weighted by Crippen LogP contribution is -2.60. The Morgan fingerprint density at radius 3 is 2.32 bits per heavy atom. The van der Waals surface area contributed by atoms with Crippen molar-refractivity contribution in [2.24, 2.45) is 41.4 Å². The molecule has 0 spiro atoms. The molecule has 1 aromatic heterocycles. The van der Waals surface area contributed by atoms with Crippen LogP contribution in [0.15, 0.2) is 53.9 Å². The summed E-state index contributed by atoms with van der Waals surface area (Å²) in [6, 6.07) is -0.994. The SMILES string of the molecule is CO[C@H]1C[C@@H]2CC[C@@H](C)[C@@](O)(O2)C(=O)C(=O)N2CCCC[C@H]2C(=O)C[C@H]([C@H](C)C[C@@H]2CC[C@H](n3ncnn3)[C@H](OC)C2)CC(=O)C(C)=CC(C)[C@@H](O)[C@@H](OC)C(=O)[C@H](C)C[C@H](C)C=CC=CC=C1C. The summed E-state index contributed by atoms with van der Waals surface area (Å²) in [5.74, 6) is -7.12. The van der Waals surface area contributed by atoms with Gasteiger partial charge in [-0.05, 0) is 118 Å². The minimum Gasteiger partial charge on any atom is -0.389 e. The van der Waals surface area contributed by atoms with Crippen LogP contribution in [-0.4, -0.2) is 135 Å². The van der Waals surface area contributed by atoms with Crippen molar-refractivity contribution in [2.45, 2.75) is 180 Å². The molecule has 1 aliphatic carbocycles. The van der Waals surface area contributed by atoms with Gasteiger partial charge in [0.25, 0.3) is 11.7 Å². The number of rotatable bonds is 7. The highest BCUT2D eigenvalue weighted by molar-refractivity contribution is 6.39. The number of Topliss-reactive ketones (excluding diaryl/α,β-unsaturated/α-hetero) is 4. The van der Waals surface area contributed by atoms with E-state index in [9.17, 15) is 34.2 Å². The number of nitrogens with zero attached hydrogens (tertiary/aromatic N) is 5. The van der Waals surface area contributed by atoms with Crippen molar-refractivity contribution in [1.29, 1.82) is 0 Å². The van der Waals surface area contributed by atoms with Gasteiger partial charge in [0.05, 0.1) is 36.5 Å². The highest BCUT2D eigenvalue weighted by Gasteiger charge is 2.53. The molecule has 1 saturated carbocycles. The third kappa shape index (κ3) is 14.3. The van der Waals surface area contributed by atoms with E-state index >= 15 is 0 Å². The standard InChI is InChI=1S/C53H81N5O11/c1-32-16-12-11-13-17-33(2)46(66-8)30-41-21-19-38(7)53(65,69-41)51(63)52(64)57-23-15-14-18-42(57)45(60)29-40(34(3)26-39-20-22-43(47(27-39)67-9)58-55-31-54-56-58)28-44(59)35(4)25-37(6)49(62)50(68-10)48(61)36(5)24-32/h11-13,16-17,25,31-32,34,36-43,46-47,49-50,62,65H,14-15,18-24,26-30H2,1-10H3/t32-,34-,36-,37?,38-,39+,40-,41+,42+,43+,46+,47-,49-,50+,53-/m1/s1. The molecule has 1 amide bonds. The zero-order valence-electron chi connectivity index (χ0n) is 42.8. The molecule has 1 aromatic rings. The summed E-state index contributed by atoms with van der Waals surface area (Å²) >= 11 is 0. The molecule has 3 aliphatic heterocycles. The fourth-order valence-electron chi connectivity index (χ4n) is 11.2. The van der Waals surface area contributed by atoms with Crippen LogP contribution in [0, 0.1) is 41.4 Å². The third-order valence-corrected chi connectivity index (χ3v) is 15.7. The van der Waals surface area contributed by atoms with E-state index < -0.39 is 71.6 Å². The second-order valence-corrected chi connectivity index (χ2v) is 20.8. The fourth-order valence-corrected chi connectivity index (χ4v) is 11.2. The van der Waals surface area contributed by atoms with Crippen LogP contribution in [0.25, 0.3) is 0 Å². The largest absolute Gasteiger partial charge is 0.389 e. The fraction of sp³-hybridized carbons (Fsp3) is 0.736. The molecular formula is C53H81N5O11. The Morgan fingerprint density at radius 2 is 1.64 bits per heavy atom. The Balaban J connectivity index is 1.46. The number of tetrazole rings is 1. The minimum absolute atomic E-state index is 0.0155. The Bertz CT molecular complexity index is 2020. The second kappa shape index (κ2) is 25.9. The molecule has 69 heavy (non-hydrogen) atoms. The van der Waals surface area contributed by atoms with E-state index in [0.717, 1.165) is 24.8 Å². The van der Waals surface area contributed by atoms with Gasteiger partial charge < -0.3 is 34.1 Å². The maximum Gasteiger partial charge on any atom is 0.296 e. The Morgan fingerprint density at radius 1 is 0.884 bits per heavy atom. The lowest BCUT2D eigenvalue weighted by atomic mass is 9.73. The van der Waals surface area contributed by atoms with Crippen LogP contribution in [0.4, 0.5) is 0 Å². The average molecular weight is 964 g/mol. The third-order valence-electron chi connectivity index (χ3n) is 15.7. The van der Waals surface area contributed by atoms with Crippen molar-refractivity contribution in [1.82, 2.24) is 25.1 Å². The van der Waals surface area contributed by atoms with Gasteiger partial charge in [-0.25, -0.2) is 0 Å². The number of hydrogen-bond acceptors (Lipinski definition) is 14. The lowest BCUT2D eigenvalue weighted by Gasteiger charge is -2.43. The van der Waals surface area contributed by atoms with E-state index in [4.69, 9.17) is 18.9 Å². The van der Waals surface area contributed by atoms with Crippen molar-refractivity contribution in [3.8, 4) is 0 Å². The van der Waals surface area contributed by atoms with Gasteiger partial charge in [-0.15, -0.1) is 10.2 Å². The van der Waals surface area contributed by atoms with Crippen molar-refractivity contribution in [3.63, 3.8) is 0 Å². The molecule has 3 fully saturated rings. The molecular weight excluding hydrogens is 883 g/mol. The number of ether oxygens (including phenoxy) is 4. The van der Waals surface area contributed by atoms with Gasteiger partial charge >= 0.3 is 0 Å². The summed E-state index contributed by atoms with van der Waals surface area (Å²) in [6.45, 7) is 13.2. The lowest BCUT2D eigenvalue weighted by molar-refractivity contribution is -0.265. The highest BCUT2D eigenvalue weighted by Crippen LogP contribution is 2.40. The first kappa shape index (κ1) is 55.9. The van der Waals surface area contributed by atoms with E-state index in [1.807, 2.05) is 51.2 Å². The molecule has 4 heterocycles.